The van der Waals surface area contributed by atoms with Gasteiger partial charge in [-0.25, -0.2) is 0 Å². The molecular weight excluding hydrogens is 259 g/mol. The zero-order valence-electron chi connectivity index (χ0n) is 9.47. The standard InChI is InChI=1S/C8H16BN2.4FH.Ti/c1-3-4-6-11(9)7-5-10(2)8-11;;;;;/h5,7H,3-4,6,8H2,1-2H3;4*1H;/q+1;;;;;+4/p-4. The number of quaternary nitrogens is 1. The van der Waals surface area contributed by atoms with E-state index in [0.717, 1.165) is 13.2 Å². The van der Waals surface area contributed by atoms with Crippen LogP contribution in [0.15, 0.2) is 12.4 Å². The molecule has 0 aromatic rings. The molecule has 0 saturated heterocycles. The molecule has 0 aromatic heterocycles. The summed E-state index contributed by atoms with van der Waals surface area (Å²) >= 11 is -7.00. The Morgan fingerprint density at radius 2 is 1.88 bits per heavy atom. The van der Waals surface area contributed by atoms with Gasteiger partial charge in [-0.05, 0) is 6.42 Å². The predicted octanol–water partition coefficient (Wildman–Crippen LogP) is 2.74. The van der Waals surface area contributed by atoms with E-state index in [-0.39, 0.29) is 0 Å². The van der Waals surface area contributed by atoms with Crippen LogP contribution in [0.1, 0.15) is 19.8 Å². The number of rotatable bonds is 3. The number of hydrogen-bond acceptors (Lipinski definition) is 1. The van der Waals surface area contributed by atoms with Gasteiger partial charge in [0.15, 0.2) is 0 Å². The van der Waals surface area contributed by atoms with Crippen LogP contribution in [0, 0.1) is 0 Å². The van der Waals surface area contributed by atoms with Gasteiger partial charge < -0.3 is 9.29 Å². The molecule has 2 radical (unpaired) electrons. The number of hydrogen-bond donors (Lipinski definition) is 0. The van der Waals surface area contributed by atoms with Crippen molar-refractivity contribution in [1.82, 2.24) is 4.90 Å². The average Bonchev–Trinajstić information content (AvgIpc) is 2.41. The second kappa shape index (κ2) is 6.67. The number of nitrogens with zero attached hydrogens (tertiary/aromatic N) is 2. The van der Waals surface area contributed by atoms with Crippen LogP contribution in [0.4, 0.5) is 12.4 Å². The summed E-state index contributed by atoms with van der Waals surface area (Å²) in [5, 5.41) is 0. The molecule has 0 N–H and O–H groups in total. The summed E-state index contributed by atoms with van der Waals surface area (Å²) in [6.07, 6.45) is 6.54. The Kier molecular flexibility index (Phi) is 6.67. The van der Waals surface area contributed by atoms with Crippen LogP contribution in [-0.4, -0.2) is 37.5 Å². The number of halogens is 4. The maximum absolute atomic E-state index is 9.88. The Balaban J connectivity index is 0.000000385. The molecule has 1 heterocycles. The maximum atomic E-state index is 9.88. The van der Waals surface area contributed by atoms with Crippen LogP contribution in [0.5, 0.6) is 0 Å². The number of unbranched alkanes of at least 4 members (excludes halogenated alkanes) is 1. The van der Waals surface area contributed by atoms with Crippen molar-refractivity contribution in [2.24, 2.45) is 0 Å². The molecule has 1 aliphatic heterocycles. The van der Waals surface area contributed by atoms with E-state index in [9.17, 15) is 12.4 Å². The first-order valence-electron chi connectivity index (χ1n) is 4.97. The second-order valence-electron chi connectivity index (χ2n) is 3.81. The topological polar surface area (TPSA) is 3.24 Å². The van der Waals surface area contributed by atoms with Gasteiger partial charge in [-0.15, -0.1) is 0 Å². The van der Waals surface area contributed by atoms with Gasteiger partial charge in [0.2, 0.25) is 0 Å². The minimum absolute atomic E-state index is 0.588. The van der Waals surface area contributed by atoms with Crippen molar-refractivity contribution in [3.05, 3.63) is 12.4 Å². The van der Waals surface area contributed by atoms with Crippen molar-refractivity contribution >= 4 is 7.98 Å². The van der Waals surface area contributed by atoms with E-state index in [4.69, 9.17) is 7.98 Å². The van der Waals surface area contributed by atoms with Gasteiger partial charge in [0.05, 0.1) is 18.9 Å². The van der Waals surface area contributed by atoms with Crippen LogP contribution in [0.3, 0.4) is 0 Å². The molecule has 8 heteroatoms. The van der Waals surface area contributed by atoms with E-state index < -0.39 is 18.7 Å². The van der Waals surface area contributed by atoms with Gasteiger partial charge in [-0.1, -0.05) is 13.3 Å². The minimum atomic E-state index is -7.00. The molecule has 0 aromatic carbocycles. The molecule has 0 aliphatic carbocycles. The van der Waals surface area contributed by atoms with Crippen molar-refractivity contribution in [2.45, 2.75) is 19.8 Å². The molecule has 0 saturated carbocycles. The van der Waals surface area contributed by atoms with Gasteiger partial charge in [0.1, 0.15) is 6.67 Å². The van der Waals surface area contributed by atoms with Crippen molar-refractivity contribution in [1.29, 1.82) is 0 Å². The Morgan fingerprint density at radius 3 is 2.19 bits per heavy atom. The van der Waals surface area contributed by atoms with E-state index in [1.54, 1.807) is 0 Å². The summed E-state index contributed by atoms with van der Waals surface area (Å²) in [7, 11) is 8.10. The van der Waals surface area contributed by atoms with Crippen LogP contribution >= 0.6 is 0 Å². The van der Waals surface area contributed by atoms with Crippen molar-refractivity contribution in [2.75, 3.05) is 20.3 Å². The fourth-order valence-corrected chi connectivity index (χ4v) is 1.35. The van der Waals surface area contributed by atoms with Gasteiger partial charge >= 0.3 is 39.1 Å². The van der Waals surface area contributed by atoms with Crippen molar-refractivity contribution < 1.29 is 35.5 Å². The molecule has 0 bridgehead atoms. The summed E-state index contributed by atoms with van der Waals surface area (Å²) in [4.78, 5) is 2.12. The predicted molar refractivity (Wildman–Crippen MR) is 52.0 cm³/mol. The van der Waals surface area contributed by atoms with E-state index in [1.807, 2.05) is 0 Å². The SMILES string of the molecule is [B][N+]1(CCCC)C=CN(C)C1.[F][Ti]([F])([F])[F]. The van der Waals surface area contributed by atoms with Gasteiger partial charge in [-0.2, -0.15) is 0 Å². The molecule has 0 fully saturated rings. The van der Waals surface area contributed by atoms with E-state index in [0.29, 0.717) is 4.39 Å². The molecule has 1 rings (SSSR count). The van der Waals surface area contributed by atoms with Crippen molar-refractivity contribution in [3.8, 4) is 0 Å². The third kappa shape index (κ3) is 9.24. The first-order valence-corrected chi connectivity index (χ1v) is 7.33. The fourth-order valence-electron chi connectivity index (χ4n) is 1.35. The molecule has 1 unspecified atom stereocenters. The van der Waals surface area contributed by atoms with E-state index >= 15 is 0 Å². The van der Waals surface area contributed by atoms with Gasteiger partial charge in [-0.3, -0.25) is 0 Å². The zero-order valence-corrected chi connectivity index (χ0v) is 11.0. The first-order chi connectivity index (χ1) is 7.16. The monoisotopic (exact) mass is 275 g/mol. The summed E-state index contributed by atoms with van der Waals surface area (Å²) in [5.41, 5.74) is 0. The van der Waals surface area contributed by atoms with Crippen LogP contribution in [-0.2, 0) is 18.7 Å². The molecule has 92 valence electrons. The second-order valence-corrected chi connectivity index (χ2v) is 5.14. The molecule has 1 atom stereocenters. The normalized spacial score (nSPS) is 24.2. The van der Waals surface area contributed by atoms with Crippen molar-refractivity contribution in [3.63, 3.8) is 0 Å². The molecule has 1 aliphatic rings. The summed E-state index contributed by atoms with van der Waals surface area (Å²) in [6, 6.07) is 0. The fraction of sp³-hybridized carbons (Fsp3) is 0.750. The third-order valence-electron chi connectivity index (χ3n) is 2.03. The first kappa shape index (κ1) is 16.0. The Labute approximate surface area is 101 Å². The molecule has 2 nitrogen and oxygen atoms in total. The Bertz CT molecular complexity index is 231. The zero-order chi connectivity index (χ0) is 12.8. The quantitative estimate of drug-likeness (QED) is 0.565. The van der Waals surface area contributed by atoms with E-state index in [2.05, 4.69) is 31.3 Å². The van der Waals surface area contributed by atoms with Crippen LogP contribution in [0.2, 0.25) is 0 Å². The van der Waals surface area contributed by atoms with Crippen LogP contribution in [0.25, 0.3) is 0 Å². The van der Waals surface area contributed by atoms with E-state index in [1.165, 1.54) is 12.8 Å². The van der Waals surface area contributed by atoms with Gasteiger partial charge in [0.25, 0.3) is 0 Å². The van der Waals surface area contributed by atoms with Crippen LogP contribution < -0.4 is 0 Å². The summed E-state index contributed by atoms with van der Waals surface area (Å²) in [5.74, 6) is 0. The Morgan fingerprint density at radius 1 is 1.38 bits per heavy atom. The average molecular weight is 275 g/mol. The summed E-state index contributed by atoms with van der Waals surface area (Å²) in [6.45, 7) is 4.16. The molecular formula is C8H16BF4N2Ti+. The Hall–Kier alpha value is -0.000779. The summed E-state index contributed by atoms with van der Waals surface area (Å²) < 4.78 is 40.1. The molecule has 0 spiro atoms. The molecule has 16 heavy (non-hydrogen) atoms. The molecule has 0 amide bonds. The third-order valence-corrected chi connectivity index (χ3v) is 2.03. The van der Waals surface area contributed by atoms with Gasteiger partial charge in [0, 0.05) is 7.05 Å².